The number of rotatable bonds is 5. The fraction of sp³-hybridized carbons (Fsp3) is 0.188. The second-order valence-corrected chi connectivity index (χ2v) is 6.98. The molecule has 0 aliphatic heterocycles. The van der Waals surface area contributed by atoms with Crippen LogP contribution in [0.5, 0.6) is 0 Å². The highest BCUT2D eigenvalue weighted by molar-refractivity contribution is 9.10. The van der Waals surface area contributed by atoms with E-state index in [1.807, 2.05) is 24.3 Å². The summed E-state index contributed by atoms with van der Waals surface area (Å²) in [4.78, 5) is 27.7. The normalized spacial score (nSPS) is 11.6. The molecular weight excluding hydrogens is 378 g/mol. The fourth-order valence-corrected chi connectivity index (χ4v) is 2.77. The number of amides is 2. The molecule has 120 valence electrons. The zero-order chi connectivity index (χ0) is 16.7. The summed E-state index contributed by atoms with van der Waals surface area (Å²) in [6.45, 7) is 1.80. The maximum atomic E-state index is 12.0. The molecule has 0 unspecified atom stereocenters. The van der Waals surface area contributed by atoms with E-state index in [9.17, 15) is 9.59 Å². The molecule has 23 heavy (non-hydrogen) atoms. The fourth-order valence-electron chi connectivity index (χ4n) is 1.66. The molecule has 0 saturated carbocycles. The van der Waals surface area contributed by atoms with Crippen molar-refractivity contribution in [2.45, 2.75) is 17.9 Å². The third-order valence-electron chi connectivity index (χ3n) is 2.98. The van der Waals surface area contributed by atoms with Gasteiger partial charge in [0, 0.05) is 16.4 Å². The Morgan fingerprint density at radius 2 is 1.91 bits per heavy atom. The number of hydrogen-bond donors (Lipinski definition) is 2. The van der Waals surface area contributed by atoms with E-state index < -0.39 is 5.91 Å². The molecule has 1 aromatic heterocycles. The summed E-state index contributed by atoms with van der Waals surface area (Å²) in [5.74, 6) is 0.0243. The Morgan fingerprint density at radius 1 is 1.17 bits per heavy atom. The Labute approximate surface area is 147 Å². The molecule has 1 heterocycles. The lowest BCUT2D eigenvalue weighted by atomic mass is 10.2. The van der Waals surface area contributed by atoms with Crippen LogP contribution in [0.4, 0.5) is 0 Å². The first kappa shape index (κ1) is 17.5. The minimum Gasteiger partial charge on any atom is -0.272 e. The van der Waals surface area contributed by atoms with Crippen molar-refractivity contribution < 1.29 is 9.59 Å². The quantitative estimate of drug-likeness (QED) is 0.766. The van der Waals surface area contributed by atoms with Crippen LogP contribution in [0, 0.1) is 0 Å². The summed E-state index contributed by atoms with van der Waals surface area (Å²) in [6, 6.07) is 12.9. The second kappa shape index (κ2) is 8.69. The Bertz CT molecular complexity index is 665. The van der Waals surface area contributed by atoms with Crippen molar-refractivity contribution in [1.82, 2.24) is 15.8 Å². The van der Waals surface area contributed by atoms with E-state index in [1.165, 1.54) is 18.0 Å². The summed E-state index contributed by atoms with van der Waals surface area (Å²) < 4.78 is 1.02. The highest BCUT2D eigenvalue weighted by Crippen LogP contribution is 2.19. The largest absolute Gasteiger partial charge is 0.288 e. The number of hydrogen-bond acceptors (Lipinski definition) is 4. The number of halogens is 1. The third kappa shape index (κ3) is 5.69. The van der Waals surface area contributed by atoms with Crippen LogP contribution < -0.4 is 10.9 Å². The number of benzene rings is 1. The van der Waals surface area contributed by atoms with Crippen LogP contribution in [0.15, 0.2) is 53.1 Å². The van der Waals surface area contributed by atoms with Gasteiger partial charge in [-0.1, -0.05) is 34.1 Å². The molecule has 0 radical (unpaired) electrons. The molecule has 2 aromatic rings. The van der Waals surface area contributed by atoms with Crippen LogP contribution >= 0.6 is 27.7 Å². The van der Waals surface area contributed by atoms with Crippen molar-refractivity contribution in [3.05, 3.63) is 64.4 Å². The van der Waals surface area contributed by atoms with Gasteiger partial charge in [0.15, 0.2) is 0 Å². The summed E-state index contributed by atoms with van der Waals surface area (Å²) in [5.41, 5.74) is 6.17. The first-order valence-corrected chi connectivity index (χ1v) is 8.77. The Hall–Kier alpha value is -1.86. The van der Waals surface area contributed by atoms with Gasteiger partial charge in [0.05, 0.1) is 5.25 Å². The maximum absolute atomic E-state index is 12.0. The monoisotopic (exact) mass is 393 g/mol. The average Bonchev–Trinajstić information content (AvgIpc) is 2.59. The first-order valence-electron chi connectivity index (χ1n) is 6.93. The van der Waals surface area contributed by atoms with Crippen molar-refractivity contribution in [2.75, 3.05) is 0 Å². The molecule has 0 aliphatic rings. The maximum Gasteiger partial charge on any atom is 0.288 e. The molecule has 0 saturated heterocycles. The summed E-state index contributed by atoms with van der Waals surface area (Å²) in [7, 11) is 0. The number of carbonyl (C=O) groups is 2. The van der Waals surface area contributed by atoms with E-state index in [0.717, 1.165) is 15.8 Å². The smallest absolute Gasteiger partial charge is 0.272 e. The van der Waals surface area contributed by atoms with Gasteiger partial charge in [-0.3, -0.25) is 25.4 Å². The van der Waals surface area contributed by atoms with E-state index in [2.05, 4.69) is 31.8 Å². The van der Waals surface area contributed by atoms with Crippen LogP contribution in [-0.2, 0) is 10.5 Å². The predicted octanol–water partition coefficient (Wildman–Crippen LogP) is 2.93. The van der Waals surface area contributed by atoms with Gasteiger partial charge in [0.25, 0.3) is 11.8 Å². The van der Waals surface area contributed by atoms with Crippen molar-refractivity contribution in [1.29, 1.82) is 0 Å². The molecule has 0 bridgehead atoms. The highest BCUT2D eigenvalue weighted by atomic mass is 79.9. The first-order chi connectivity index (χ1) is 11.1. The van der Waals surface area contributed by atoms with Gasteiger partial charge in [-0.05, 0) is 36.8 Å². The third-order valence-corrected chi connectivity index (χ3v) is 4.72. The predicted molar refractivity (Wildman–Crippen MR) is 94.7 cm³/mol. The molecule has 0 fully saturated rings. The van der Waals surface area contributed by atoms with Crippen molar-refractivity contribution in [3.63, 3.8) is 0 Å². The van der Waals surface area contributed by atoms with E-state index in [-0.39, 0.29) is 16.9 Å². The van der Waals surface area contributed by atoms with Gasteiger partial charge < -0.3 is 0 Å². The number of hydrazine groups is 1. The van der Waals surface area contributed by atoms with Crippen LogP contribution in [0.2, 0.25) is 0 Å². The van der Waals surface area contributed by atoms with E-state index in [1.54, 1.807) is 25.1 Å². The highest BCUT2D eigenvalue weighted by Gasteiger charge is 2.15. The zero-order valence-electron chi connectivity index (χ0n) is 12.5. The lowest BCUT2D eigenvalue weighted by molar-refractivity contribution is -0.121. The van der Waals surface area contributed by atoms with E-state index >= 15 is 0 Å². The molecule has 0 spiro atoms. The van der Waals surface area contributed by atoms with Crippen molar-refractivity contribution in [3.8, 4) is 0 Å². The number of aromatic nitrogens is 1. The summed E-state index contributed by atoms with van der Waals surface area (Å²) in [6.07, 6.45) is 1.52. The van der Waals surface area contributed by atoms with Crippen LogP contribution in [-0.4, -0.2) is 22.0 Å². The van der Waals surface area contributed by atoms with Gasteiger partial charge in [0.1, 0.15) is 5.69 Å². The number of nitrogens with zero attached hydrogens (tertiary/aromatic N) is 1. The van der Waals surface area contributed by atoms with Crippen LogP contribution in [0.3, 0.4) is 0 Å². The second-order valence-electron chi connectivity index (χ2n) is 4.74. The van der Waals surface area contributed by atoms with Crippen LogP contribution in [0.1, 0.15) is 23.0 Å². The molecule has 1 atom stereocenters. The Kier molecular flexibility index (Phi) is 6.61. The van der Waals surface area contributed by atoms with Crippen molar-refractivity contribution >= 4 is 39.5 Å². The Morgan fingerprint density at radius 3 is 2.57 bits per heavy atom. The van der Waals surface area contributed by atoms with Gasteiger partial charge in [0.2, 0.25) is 0 Å². The lowest BCUT2D eigenvalue weighted by Crippen LogP contribution is -2.45. The SMILES string of the molecule is C[C@H](SCc1ccc(Br)cc1)C(=O)NNC(=O)c1ccccn1. The number of pyridine rings is 1. The van der Waals surface area contributed by atoms with E-state index in [4.69, 9.17) is 0 Å². The molecule has 7 heteroatoms. The number of carbonyl (C=O) groups excluding carboxylic acids is 2. The van der Waals surface area contributed by atoms with E-state index in [0.29, 0.717) is 0 Å². The molecular formula is C16H16BrN3O2S. The molecule has 5 nitrogen and oxygen atoms in total. The Balaban J connectivity index is 1.76. The van der Waals surface area contributed by atoms with Gasteiger partial charge in [-0.2, -0.15) is 0 Å². The van der Waals surface area contributed by atoms with Crippen molar-refractivity contribution in [2.24, 2.45) is 0 Å². The molecule has 2 amide bonds. The summed E-state index contributed by atoms with van der Waals surface area (Å²) >= 11 is 4.88. The average molecular weight is 394 g/mol. The van der Waals surface area contributed by atoms with Gasteiger partial charge in [-0.25, -0.2) is 0 Å². The molecule has 0 aliphatic carbocycles. The summed E-state index contributed by atoms with van der Waals surface area (Å²) in [5, 5.41) is -0.289. The number of nitrogens with one attached hydrogen (secondary N) is 2. The molecule has 2 N–H and O–H groups in total. The molecule has 2 rings (SSSR count). The molecule has 1 aromatic carbocycles. The minimum absolute atomic E-state index is 0.253. The standard InChI is InChI=1S/C16H16BrN3O2S/c1-11(23-10-12-5-7-13(17)8-6-12)15(21)19-20-16(22)14-4-2-3-9-18-14/h2-9,11H,10H2,1H3,(H,19,21)(H,20,22)/t11-/m0/s1. The van der Waals surface area contributed by atoms with Gasteiger partial charge in [-0.15, -0.1) is 11.8 Å². The minimum atomic E-state index is -0.441. The zero-order valence-corrected chi connectivity index (χ0v) is 14.9. The lowest BCUT2D eigenvalue weighted by Gasteiger charge is -2.12. The topological polar surface area (TPSA) is 71.1 Å². The van der Waals surface area contributed by atoms with Gasteiger partial charge >= 0.3 is 0 Å². The van der Waals surface area contributed by atoms with Crippen LogP contribution in [0.25, 0.3) is 0 Å². The number of thioether (sulfide) groups is 1.